The highest BCUT2D eigenvalue weighted by molar-refractivity contribution is 6.14. The lowest BCUT2D eigenvalue weighted by Gasteiger charge is -2.41. The Labute approximate surface area is 352 Å². The molecule has 3 aromatic heterocycles. The van der Waals surface area contributed by atoms with Crippen LogP contribution in [0.2, 0.25) is 0 Å². The third kappa shape index (κ3) is 6.64. The number of anilines is 2. The molecule has 0 bridgehead atoms. The molecule has 9 nitrogen and oxygen atoms in total. The van der Waals surface area contributed by atoms with E-state index in [1.165, 1.54) is 0 Å². The molecule has 0 aliphatic carbocycles. The molecule has 4 aromatic carbocycles. The molecule has 298 valence electrons. The molecular weight excluding hydrogens is 739 g/mol. The van der Waals surface area contributed by atoms with E-state index >= 15 is 0 Å². The fourth-order valence-corrected chi connectivity index (χ4v) is 7.98. The highest BCUT2D eigenvalue weighted by atomic mass is 15.3. The van der Waals surface area contributed by atoms with Crippen LogP contribution in [0.1, 0.15) is 66.5 Å². The van der Waals surface area contributed by atoms with Crippen LogP contribution in [0.5, 0.6) is 0 Å². The van der Waals surface area contributed by atoms with E-state index in [-0.39, 0.29) is 22.2 Å². The van der Waals surface area contributed by atoms with E-state index in [1.807, 2.05) is 67.3 Å². The van der Waals surface area contributed by atoms with Crippen molar-refractivity contribution in [2.24, 2.45) is 9.98 Å². The van der Waals surface area contributed by atoms with Gasteiger partial charge in [0.05, 0.1) is 45.9 Å². The number of amidine groups is 2. The SMILES string of the molecule is CC1(C)N=C(c2ccccc2)N(c2cncc(-c3nc(-c4ccc(-c5ccccc5)cc4)nc(-c4cncc(N5C(c6ccccc6)=NC(C)(C)C5(C)C)c4)n3)c2)C1(C)C. The number of aliphatic imine (C=N–C) groups is 2. The van der Waals surface area contributed by atoms with E-state index < -0.39 is 0 Å². The first-order valence-electron chi connectivity index (χ1n) is 20.5. The molecule has 5 heterocycles. The van der Waals surface area contributed by atoms with Gasteiger partial charge in [0.25, 0.3) is 0 Å². The second kappa shape index (κ2) is 14.4. The summed E-state index contributed by atoms with van der Waals surface area (Å²) >= 11 is 0. The molecule has 0 saturated carbocycles. The maximum atomic E-state index is 5.28. The molecular formula is C51H49N9. The zero-order chi connectivity index (χ0) is 41.9. The standard InChI is InChI=1S/C51H49N9/c1-48(2)50(5,6)59(46(57-48)37-20-14-10-15-21-37)41-28-39(30-52-32-41)44-54-43(36-26-24-35(25-27-36)34-18-12-9-13-19-34)55-45(56-44)40-29-42(33-53-31-40)60-47(38-22-16-11-17-23-38)58-49(3,4)51(60,7)8/h9-33H,1-8H3. The maximum Gasteiger partial charge on any atom is 0.165 e. The van der Waals surface area contributed by atoms with Crippen molar-refractivity contribution < 1.29 is 0 Å². The number of pyridine rings is 2. The number of hydrogen-bond acceptors (Lipinski definition) is 9. The zero-order valence-corrected chi connectivity index (χ0v) is 35.5. The van der Waals surface area contributed by atoms with Crippen LogP contribution in [-0.2, 0) is 0 Å². The quantitative estimate of drug-likeness (QED) is 0.151. The normalized spacial score (nSPS) is 17.3. The average molecular weight is 788 g/mol. The Morgan fingerprint density at radius 1 is 0.350 bits per heavy atom. The van der Waals surface area contributed by atoms with Crippen molar-refractivity contribution in [3.05, 3.63) is 163 Å². The summed E-state index contributed by atoms with van der Waals surface area (Å²) in [6.45, 7) is 17.7. The van der Waals surface area contributed by atoms with Crippen LogP contribution in [-0.4, -0.2) is 58.7 Å². The smallest absolute Gasteiger partial charge is 0.165 e. The first-order valence-corrected chi connectivity index (χ1v) is 20.5. The molecule has 0 fully saturated rings. The van der Waals surface area contributed by atoms with E-state index in [1.54, 1.807) is 0 Å². The van der Waals surface area contributed by atoms with Gasteiger partial charge in [-0.05, 0) is 78.6 Å². The van der Waals surface area contributed by atoms with Gasteiger partial charge in [0, 0.05) is 40.2 Å². The van der Waals surface area contributed by atoms with Crippen molar-refractivity contribution >= 4 is 23.0 Å². The number of hydrogen-bond donors (Lipinski definition) is 0. The van der Waals surface area contributed by atoms with E-state index in [4.69, 9.17) is 34.9 Å². The molecule has 9 heteroatoms. The largest absolute Gasteiger partial charge is 0.317 e. The lowest BCUT2D eigenvalue weighted by atomic mass is 9.83. The molecule has 60 heavy (non-hydrogen) atoms. The summed E-state index contributed by atoms with van der Waals surface area (Å²) in [5.74, 6) is 3.36. The lowest BCUT2D eigenvalue weighted by molar-refractivity contribution is 0.338. The first-order chi connectivity index (χ1) is 28.7. The summed E-state index contributed by atoms with van der Waals surface area (Å²) in [6.07, 6.45) is 7.44. The van der Waals surface area contributed by atoms with Gasteiger partial charge in [0.1, 0.15) is 11.7 Å². The van der Waals surface area contributed by atoms with Crippen molar-refractivity contribution in [3.63, 3.8) is 0 Å². The molecule has 0 atom stereocenters. The second-order valence-electron chi connectivity index (χ2n) is 17.6. The van der Waals surface area contributed by atoms with Crippen LogP contribution in [0.25, 0.3) is 45.3 Å². The molecule has 0 N–H and O–H groups in total. The van der Waals surface area contributed by atoms with E-state index in [0.29, 0.717) is 17.5 Å². The van der Waals surface area contributed by atoms with Crippen LogP contribution in [0, 0.1) is 0 Å². The number of nitrogens with zero attached hydrogens (tertiary/aromatic N) is 9. The van der Waals surface area contributed by atoms with Gasteiger partial charge in [-0.25, -0.2) is 15.0 Å². The third-order valence-corrected chi connectivity index (χ3v) is 12.7. The molecule has 7 aromatic rings. The third-order valence-electron chi connectivity index (χ3n) is 12.7. The second-order valence-corrected chi connectivity index (χ2v) is 17.6. The monoisotopic (exact) mass is 787 g/mol. The van der Waals surface area contributed by atoms with Crippen LogP contribution in [0.3, 0.4) is 0 Å². The minimum atomic E-state index is -0.379. The Morgan fingerprint density at radius 3 is 1.08 bits per heavy atom. The van der Waals surface area contributed by atoms with E-state index in [2.05, 4.69) is 150 Å². The predicted octanol–water partition coefficient (Wildman–Crippen LogP) is 11.0. The Morgan fingerprint density at radius 2 is 0.683 bits per heavy atom. The fourth-order valence-electron chi connectivity index (χ4n) is 7.98. The van der Waals surface area contributed by atoms with Gasteiger partial charge < -0.3 is 9.80 Å². The Kier molecular flexibility index (Phi) is 9.30. The highest BCUT2D eigenvalue weighted by Crippen LogP contribution is 2.44. The van der Waals surface area contributed by atoms with Crippen molar-refractivity contribution in [2.45, 2.75) is 77.5 Å². The van der Waals surface area contributed by atoms with Gasteiger partial charge in [-0.2, -0.15) is 0 Å². The molecule has 0 amide bonds. The summed E-state index contributed by atoms with van der Waals surface area (Å²) in [5, 5.41) is 0. The number of benzene rings is 4. The van der Waals surface area contributed by atoms with Gasteiger partial charge in [0.2, 0.25) is 0 Å². The summed E-state index contributed by atoms with van der Waals surface area (Å²) < 4.78 is 0. The highest BCUT2D eigenvalue weighted by Gasteiger charge is 2.51. The van der Waals surface area contributed by atoms with Gasteiger partial charge in [-0.15, -0.1) is 0 Å². The zero-order valence-electron chi connectivity index (χ0n) is 35.5. The molecule has 9 rings (SSSR count). The first kappa shape index (κ1) is 38.6. The summed E-state index contributed by atoms with van der Waals surface area (Å²) in [5.41, 5.74) is 7.03. The summed E-state index contributed by atoms with van der Waals surface area (Å²) in [4.78, 5) is 40.2. The Bertz CT molecular complexity index is 2610. The molecule has 2 aliphatic rings. The minimum absolute atomic E-state index is 0.375. The van der Waals surface area contributed by atoms with Crippen molar-refractivity contribution in [1.29, 1.82) is 0 Å². The van der Waals surface area contributed by atoms with Gasteiger partial charge in [0.15, 0.2) is 17.5 Å². The molecule has 0 unspecified atom stereocenters. The van der Waals surface area contributed by atoms with Crippen LogP contribution >= 0.6 is 0 Å². The topological polar surface area (TPSA) is 95.6 Å². The molecule has 0 spiro atoms. The molecule has 0 saturated heterocycles. The van der Waals surface area contributed by atoms with Crippen molar-refractivity contribution in [3.8, 4) is 45.3 Å². The number of aromatic nitrogens is 5. The van der Waals surface area contributed by atoms with Crippen LogP contribution in [0.15, 0.2) is 162 Å². The van der Waals surface area contributed by atoms with Gasteiger partial charge in [-0.3, -0.25) is 20.0 Å². The summed E-state index contributed by atoms with van der Waals surface area (Å²) in [6, 6.07) is 43.6. The van der Waals surface area contributed by atoms with E-state index in [9.17, 15) is 0 Å². The fraction of sp³-hybridized carbons (Fsp3) is 0.235. The van der Waals surface area contributed by atoms with Gasteiger partial charge >= 0.3 is 0 Å². The van der Waals surface area contributed by atoms with Crippen molar-refractivity contribution in [2.75, 3.05) is 9.80 Å². The van der Waals surface area contributed by atoms with Crippen LogP contribution < -0.4 is 9.80 Å². The van der Waals surface area contributed by atoms with Gasteiger partial charge in [-0.1, -0.05) is 115 Å². The van der Waals surface area contributed by atoms with E-state index in [0.717, 1.165) is 62.0 Å². The average Bonchev–Trinajstić information content (AvgIpc) is 3.59. The Hall–Kier alpha value is -6.87. The maximum absolute atomic E-state index is 5.28. The predicted molar refractivity (Wildman–Crippen MR) is 244 cm³/mol. The van der Waals surface area contributed by atoms with Crippen LogP contribution in [0.4, 0.5) is 11.4 Å². The summed E-state index contributed by atoms with van der Waals surface area (Å²) in [7, 11) is 0. The van der Waals surface area contributed by atoms with Crippen molar-refractivity contribution in [1.82, 2.24) is 24.9 Å². The molecule has 2 aliphatic heterocycles. The molecule has 0 radical (unpaired) electrons. The Balaban J connectivity index is 1.18. The number of rotatable bonds is 8. The lowest BCUT2D eigenvalue weighted by Crippen LogP contribution is -2.53. The minimum Gasteiger partial charge on any atom is -0.317 e.